The molecule has 3 aromatic rings. The van der Waals surface area contributed by atoms with Crippen LogP contribution in [0.1, 0.15) is 11.6 Å². The third-order valence-electron chi connectivity index (χ3n) is 3.73. The number of hydrogen-bond acceptors (Lipinski definition) is 2. The predicted molar refractivity (Wildman–Crippen MR) is 81.5 cm³/mol. The molecule has 0 aliphatic rings. The van der Waals surface area contributed by atoms with Crippen LogP contribution in [-0.4, -0.2) is 22.3 Å². The van der Waals surface area contributed by atoms with Crippen LogP contribution in [0.25, 0.3) is 10.9 Å². The van der Waals surface area contributed by atoms with E-state index in [9.17, 15) is 9.50 Å². The molecule has 0 aliphatic heterocycles. The van der Waals surface area contributed by atoms with Crippen molar-refractivity contribution < 1.29 is 9.50 Å². The Kier molecular flexibility index (Phi) is 3.73. The van der Waals surface area contributed by atoms with E-state index < -0.39 is 6.10 Å². The van der Waals surface area contributed by atoms with Gasteiger partial charge in [-0.05, 0) is 29.8 Å². The van der Waals surface area contributed by atoms with Crippen LogP contribution in [0.5, 0.6) is 0 Å². The van der Waals surface area contributed by atoms with Crippen LogP contribution < -0.4 is 5.73 Å². The van der Waals surface area contributed by atoms with E-state index in [0.29, 0.717) is 0 Å². The summed E-state index contributed by atoms with van der Waals surface area (Å²) in [5.41, 5.74) is 7.50. The largest absolute Gasteiger partial charge is 0.389 e. The summed E-state index contributed by atoms with van der Waals surface area (Å²) in [5, 5.41) is 11.1. The van der Waals surface area contributed by atoms with Gasteiger partial charge in [0.2, 0.25) is 0 Å². The molecule has 1 aromatic heterocycles. The quantitative estimate of drug-likeness (QED) is 0.774. The van der Waals surface area contributed by atoms with Crippen molar-refractivity contribution in [2.75, 3.05) is 6.54 Å². The molecule has 0 radical (unpaired) electrons. The molecule has 2 aromatic carbocycles. The normalized spacial score (nSPS) is 14.2. The topological polar surface area (TPSA) is 51.2 Å². The van der Waals surface area contributed by atoms with Gasteiger partial charge in [0.1, 0.15) is 5.82 Å². The van der Waals surface area contributed by atoms with Crippen LogP contribution in [0.4, 0.5) is 4.39 Å². The molecule has 4 heteroatoms. The molecule has 0 spiro atoms. The summed E-state index contributed by atoms with van der Waals surface area (Å²) >= 11 is 0. The molecule has 1 heterocycles. The zero-order chi connectivity index (χ0) is 14.8. The lowest BCUT2D eigenvalue weighted by molar-refractivity contribution is 0.140. The number of benzene rings is 2. The van der Waals surface area contributed by atoms with Gasteiger partial charge in [-0.1, -0.05) is 30.3 Å². The van der Waals surface area contributed by atoms with E-state index in [1.54, 1.807) is 6.07 Å². The number of halogens is 1. The van der Waals surface area contributed by atoms with Gasteiger partial charge in [-0.25, -0.2) is 4.39 Å². The van der Waals surface area contributed by atoms with Crippen molar-refractivity contribution in [2.24, 2.45) is 5.73 Å². The molecule has 2 atom stereocenters. The number of aliphatic hydroxyl groups is 1. The Hall–Kier alpha value is -2.17. The molecule has 3 rings (SSSR count). The van der Waals surface area contributed by atoms with E-state index in [0.717, 1.165) is 16.5 Å². The van der Waals surface area contributed by atoms with E-state index in [2.05, 4.69) is 0 Å². The van der Waals surface area contributed by atoms with Crippen LogP contribution in [-0.2, 0) is 0 Å². The van der Waals surface area contributed by atoms with Gasteiger partial charge in [0.05, 0.1) is 12.1 Å². The Morgan fingerprint density at radius 3 is 2.57 bits per heavy atom. The average Bonchev–Trinajstić information content (AvgIpc) is 2.91. The minimum absolute atomic E-state index is 0.153. The second kappa shape index (κ2) is 5.68. The third-order valence-corrected chi connectivity index (χ3v) is 3.73. The lowest BCUT2D eigenvalue weighted by atomic mass is 10.0. The minimum Gasteiger partial charge on any atom is -0.389 e. The molecule has 0 bridgehead atoms. The molecular formula is C17H17FN2O. The van der Waals surface area contributed by atoms with Crippen LogP contribution in [0.2, 0.25) is 0 Å². The van der Waals surface area contributed by atoms with Gasteiger partial charge in [0.15, 0.2) is 0 Å². The van der Waals surface area contributed by atoms with E-state index in [4.69, 9.17) is 5.73 Å². The number of nitrogens with zero attached hydrogens (tertiary/aromatic N) is 1. The van der Waals surface area contributed by atoms with E-state index >= 15 is 0 Å². The lowest BCUT2D eigenvalue weighted by Crippen LogP contribution is -2.31. The van der Waals surface area contributed by atoms with Gasteiger partial charge in [0, 0.05) is 23.6 Å². The second-order valence-electron chi connectivity index (χ2n) is 5.08. The summed E-state index contributed by atoms with van der Waals surface area (Å²) in [7, 11) is 0. The zero-order valence-corrected chi connectivity index (χ0v) is 11.5. The first-order valence-corrected chi connectivity index (χ1v) is 6.90. The third kappa shape index (κ3) is 2.55. The molecule has 0 saturated heterocycles. The van der Waals surface area contributed by atoms with Crippen molar-refractivity contribution >= 4 is 10.9 Å². The molecular weight excluding hydrogens is 267 g/mol. The average molecular weight is 284 g/mol. The van der Waals surface area contributed by atoms with Crippen molar-refractivity contribution in [2.45, 2.75) is 12.1 Å². The Labute approximate surface area is 122 Å². The first kappa shape index (κ1) is 13.8. The minimum atomic E-state index is -0.715. The maximum atomic E-state index is 13.3. The molecule has 0 fully saturated rings. The zero-order valence-electron chi connectivity index (χ0n) is 11.5. The van der Waals surface area contributed by atoms with Crippen molar-refractivity contribution in [3.8, 4) is 0 Å². The molecule has 0 saturated carbocycles. The van der Waals surface area contributed by atoms with Gasteiger partial charge < -0.3 is 15.4 Å². The monoisotopic (exact) mass is 284 g/mol. The Morgan fingerprint density at radius 1 is 1.10 bits per heavy atom. The van der Waals surface area contributed by atoms with E-state index in [1.807, 2.05) is 47.2 Å². The van der Waals surface area contributed by atoms with Crippen LogP contribution in [0.3, 0.4) is 0 Å². The summed E-state index contributed by atoms with van der Waals surface area (Å²) in [6.45, 7) is 0.153. The van der Waals surface area contributed by atoms with Crippen molar-refractivity contribution in [3.63, 3.8) is 0 Å². The molecule has 0 aliphatic carbocycles. The summed E-state index contributed by atoms with van der Waals surface area (Å²) in [6, 6.07) is 15.9. The van der Waals surface area contributed by atoms with Crippen molar-refractivity contribution in [3.05, 3.63) is 72.2 Å². The van der Waals surface area contributed by atoms with Crippen LogP contribution in [0, 0.1) is 5.82 Å². The fourth-order valence-corrected chi connectivity index (χ4v) is 2.72. The predicted octanol–water partition coefficient (Wildman–Crippen LogP) is 2.69. The lowest BCUT2D eigenvalue weighted by Gasteiger charge is -2.25. The van der Waals surface area contributed by atoms with Crippen molar-refractivity contribution in [1.82, 2.24) is 4.57 Å². The summed E-state index contributed by atoms with van der Waals surface area (Å²) in [5.74, 6) is -0.268. The Bertz CT molecular complexity index is 739. The number of aliphatic hydroxyl groups excluding tert-OH is 1. The maximum Gasteiger partial charge on any atom is 0.123 e. The van der Waals surface area contributed by atoms with Crippen LogP contribution in [0.15, 0.2) is 60.8 Å². The summed E-state index contributed by atoms with van der Waals surface area (Å²) in [6.07, 6.45) is 1.15. The number of aromatic nitrogens is 1. The number of rotatable bonds is 4. The second-order valence-corrected chi connectivity index (χ2v) is 5.08. The van der Waals surface area contributed by atoms with E-state index in [1.165, 1.54) is 12.1 Å². The highest BCUT2D eigenvalue weighted by Crippen LogP contribution is 2.28. The SMILES string of the molecule is NC[C@H](O)[C@H](c1ccccc1)n1ccc2cc(F)ccc21. The highest BCUT2D eigenvalue weighted by atomic mass is 19.1. The molecule has 21 heavy (non-hydrogen) atoms. The van der Waals surface area contributed by atoms with Crippen molar-refractivity contribution in [1.29, 1.82) is 0 Å². The van der Waals surface area contributed by atoms with E-state index in [-0.39, 0.29) is 18.4 Å². The first-order chi connectivity index (χ1) is 10.2. The highest BCUT2D eigenvalue weighted by molar-refractivity contribution is 5.80. The van der Waals surface area contributed by atoms with Gasteiger partial charge in [0.25, 0.3) is 0 Å². The Balaban J connectivity index is 2.15. The van der Waals surface area contributed by atoms with Gasteiger partial charge in [-0.2, -0.15) is 0 Å². The van der Waals surface area contributed by atoms with Gasteiger partial charge in [-0.3, -0.25) is 0 Å². The molecule has 108 valence electrons. The number of hydrogen-bond donors (Lipinski definition) is 2. The highest BCUT2D eigenvalue weighted by Gasteiger charge is 2.22. The van der Waals surface area contributed by atoms with Crippen LogP contribution >= 0.6 is 0 Å². The number of fused-ring (bicyclic) bond motifs is 1. The maximum absolute atomic E-state index is 13.3. The summed E-state index contributed by atoms with van der Waals surface area (Å²) < 4.78 is 15.3. The fraction of sp³-hybridized carbons (Fsp3) is 0.176. The summed E-state index contributed by atoms with van der Waals surface area (Å²) in [4.78, 5) is 0. The molecule has 3 N–H and O–H groups in total. The standard InChI is InChI=1S/C17H17FN2O/c18-14-6-7-15-13(10-14)8-9-20(15)17(16(21)11-19)12-4-2-1-3-5-12/h1-10,16-17,21H,11,19H2/t16-,17-/m0/s1. The smallest absolute Gasteiger partial charge is 0.123 e. The first-order valence-electron chi connectivity index (χ1n) is 6.90. The number of nitrogens with two attached hydrogens (primary N) is 1. The molecule has 0 amide bonds. The Morgan fingerprint density at radius 2 is 1.86 bits per heavy atom. The van der Waals surface area contributed by atoms with Gasteiger partial charge in [-0.15, -0.1) is 0 Å². The fourth-order valence-electron chi connectivity index (χ4n) is 2.72. The van der Waals surface area contributed by atoms with Gasteiger partial charge >= 0.3 is 0 Å². The molecule has 0 unspecified atom stereocenters. The molecule has 3 nitrogen and oxygen atoms in total.